The number of hydrogen-bond acceptors (Lipinski definition) is 3. The minimum Gasteiger partial charge on any atom is -0.478 e. The quantitative estimate of drug-likeness (QED) is 0.480. The van der Waals surface area contributed by atoms with Crippen LogP contribution in [0.3, 0.4) is 0 Å². The number of rotatable bonds is 10. The van der Waals surface area contributed by atoms with Crippen LogP contribution in [0.2, 0.25) is 0 Å². The number of nitrogens with zero attached hydrogens (tertiary/aromatic N) is 2. The molecule has 0 unspecified atom stereocenters. The average Bonchev–Trinajstić information content (AvgIpc) is 2.96. The molecule has 0 fully saturated rings. The number of aromatic nitrogens is 1. The Kier molecular flexibility index (Phi) is 7.60. The normalized spacial score (nSPS) is 11.3. The third-order valence-corrected chi connectivity index (χ3v) is 5.62. The first-order chi connectivity index (χ1) is 14.9. The number of carboxylic acids is 1. The Morgan fingerprint density at radius 3 is 2.45 bits per heavy atom. The first-order valence-corrected chi connectivity index (χ1v) is 10.5. The fraction of sp³-hybridized carbons (Fsp3) is 0.320. The molecule has 0 amide bonds. The number of carbonyl (C=O) groups is 1. The molecule has 3 aromatic rings. The van der Waals surface area contributed by atoms with Gasteiger partial charge in [0.15, 0.2) is 0 Å². The zero-order valence-corrected chi connectivity index (χ0v) is 18.4. The molecule has 0 saturated carbocycles. The van der Waals surface area contributed by atoms with Gasteiger partial charge < -0.3 is 19.9 Å². The second-order valence-corrected chi connectivity index (χ2v) is 7.95. The zero-order chi connectivity index (χ0) is 22.4. The third-order valence-electron chi connectivity index (χ3n) is 5.62. The monoisotopic (exact) mass is 423 g/mol. The summed E-state index contributed by atoms with van der Waals surface area (Å²) in [6.45, 7) is 7.11. The highest BCUT2D eigenvalue weighted by Gasteiger charge is 2.22. The minimum atomic E-state index is -0.934. The van der Waals surface area contributed by atoms with Crippen LogP contribution in [0, 0.1) is 19.7 Å². The predicted molar refractivity (Wildman–Crippen MR) is 121 cm³/mol. The standard InChI is InChI=1S/C25H30FN3O2/c1-18-23(15-27-12-13-28(3)16-20-8-5-4-6-9-20)24(25(30)31)19(2)29(18)17-21-10-7-11-22(26)14-21/h4-11,14,27H,12-13,15-17H2,1-3H3,(H,30,31). The predicted octanol–water partition coefficient (Wildman–Crippen LogP) is 4.21. The van der Waals surface area contributed by atoms with Crippen molar-refractivity contribution < 1.29 is 14.3 Å². The maximum atomic E-state index is 13.6. The molecule has 6 heteroatoms. The summed E-state index contributed by atoms with van der Waals surface area (Å²) < 4.78 is 15.5. The van der Waals surface area contributed by atoms with Crippen molar-refractivity contribution in [3.8, 4) is 0 Å². The van der Waals surface area contributed by atoms with E-state index in [1.54, 1.807) is 6.07 Å². The summed E-state index contributed by atoms with van der Waals surface area (Å²) in [6, 6.07) is 16.7. The number of benzene rings is 2. The molecule has 1 heterocycles. The van der Waals surface area contributed by atoms with E-state index in [1.807, 2.05) is 42.7 Å². The number of aromatic carboxylic acids is 1. The lowest BCUT2D eigenvalue weighted by Gasteiger charge is -2.17. The van der Waals surface area contributed by atoms with Crippen LogP contribution >= 0.6 is 0 Å². The second-order valence-electron chi connectivity index (χ2n) is 7.95. The molecule has 0 atom stereocenters. The van der Waals surface area contributed by atoms with Gasteiger partial charge in [0.05, 0.1) is 5.56 Å². The third kappa shape index (κ3) is 5.81. The SMILES string of the molecule is Cc1c(CNCCN(C)Cc2ccccc2)c(C(=O)O)c(C)n1Cc1cccc(F)c1. The van der Waals surface area contributed by atoms with E-state index in [2.05, 4.69) is 29.4 Å². The molecule has 164 valence electrons. The first kappa shape index (κ1) is 22.7. The van der Waals surface area contributed by atoms with Gasteiger partial charge >= 0.3 is 5.97 Å². The summed E-state index contributed by atoms with van der Waals surface area (Å²) in [5.41, 5.74) is 4.77. The van der Waals surface area contributed by atoms with E-state index >= 15 is 0 Å². The van der Waals surface area contributed by atoms with Gasteiger partial charge in [0, 0.05) is 49.7 Å². The number of carboxylic acid groups (broad SMARTS) is 1. The van der Waals surface area contributed by atoms with E-state index < -0.39 is 5.97 Å². The van der Waals surface area contributed by atoms with Crippen LogP contribution in [-0.4, -0.2) is 40.7 Å². The van der Waals surface area contributed by atoms with Gasteiger partial charge in [-0.05, 0) is 44.2 Å². The highest BCUT2D eigenvalue weighted by Crippen LogP contribution is 2.24. The fourth-order valence-electron chi connectivity index (χ4n) is 3.96. The summed E-state index contributed by atoms with van der Waals surface area (Å²) in [5, 5.41) is 13.2. The molecule has 0 spiro atoms. The van der Waals surface area contributed by atoms with Crippen LogP contribution < -0.4 is 5.32 Å². The average molecular weight is 424 g/mol. The smallest absolute Gasteiger partial charge is 0.337 e. The van der Waals surface area contributed by atoms with Crippen LogP contribution in [-0.2, 0) is 19.6 Å². The molecular weight excluding hydrogens is 393 g/mol. The van der Waals surface area contributed by atoms with Crippen molar-refractivity contribution in [3.05, 3.63) is 94.1 Å². The molecule has 2 N–H and O–H groups in total. The van der Waals surface area contributed by atoms with Gasteiger partial charge in [-0.2, -0.15) is 0 Å². The van der Waals surface area contributed by atoms with Crippen molar-refractivity contribution in [2.45, 2.75) is 33.5 Å². The van der Waals surface area contributed by atoms with Crippen molar-refractivity contribution >= 4 is 5.97 Å². The zero-order valence-electron chi connectivity index (χ0n) is 18.4. The Morgan fingerprint density at radius 1 is 1.06 bits per heavy atom. The molecule has 0 saturated heterocycles. The Hall–Kier alpha value is -2.96. The van der Waals surface area contributed by atoms with E-state index in [0.717, 1.165) is 36.5 Å². The number of likely N-dealkylation sites (N-methyl/N-ethyl adjacent to an activating group) is 1. The van der Waals surface area contributed by atoms with Crippen LogP contribution in [0.25, 0.3) is 0 Å². The van der Waals surface area contributed by atoms with Crippen molar-refractivity contribution in [2.75, 3.05) is 20.1 Å². The van der Waals surface area contributed by atoms with Gasteiger partial charge in [0.1, 0.15) is 5.82 Å². The molecule has 31 heavy (non-hydrogen) atoms. The Balaban J connectivity index is 1.65. The molecule has 1 aromatic heterocycles. The minimum absolute atomic E-state index is 0.292. The molecule has 0 aliphatic heterocycles. The Labute approximate surface area is 183 Å². The van der Waals surface area contributed by atoms with Crippen molar-refractivity contribution in [3.63, 3.8) is 0 Å². The van der Waals surface area contributed by atoms with E-state index in [4.69, 9.17) is 0 Å². The molecular formula is C25H30FN3O2. The van der Waals surface area contributed by atoms with Gasteiger partial charge in [-0.3, -0.25) is 0 Å². The highest BCUT2D eigenvalue weighted by molar-refractivity contribution is 5.91. The lowest BCUT2D eigenvalue weighted by Crippen LogP contribution is -2.29. The molecule has 0 aliphatic carbocycles. The van der Waals surface area contributed by atoms with Crippen molar-refractivity contribution in [1.82, 2.24) is 14.8 Å². The van der Waals surface area contributed by atoms with Crippen LogP contribution in [0.4, 0.5) is 4.39 Å². The topological polar surface area (TPSA) is 57.5 Å². The Morgan fingerprint density at radius 2 is 1.77 bits per heavy atom. The maximum Gasteiger partial charge on any atom is 0.337 e. The van der Waals surface area contributed by atoms with Crippen LogP contribution in [0.15, 0.2) is 54.6 Å². The maximum absolute atomic E-state index is 13.6. The molecule has 2 aromatic carbocycles. The summed E-state index contributed by atoms with van der Waals surface area (Å²) in [5.74, 6) is -1.23. The summed E-state index contributed by atoms with van der Waals surface area (Å²) >= 11 is 0. The van der Waals surface area contributed by atoms with Crippen LogP contribution in [0.5, 0.6) is 0 Å². The van der Waals surface area contributed by atoms with Gasteiger partial charge in [0.25, 0.3) is 0 Å². The number of halogens is 1. The van der Waals surface area contributed by atoms with E-state index in [0.29, 0.717) is 24.3 Å². The van der Waals surface area contributed by atoms with Gasteiger partial charge in [-0.25, -0.2) is 9.18 Å². The summed E-state index contributed by atoms with van der Waals surface area (Å²) in [7, 11) is 2.07. The molecule has 3 rings (SSSR count). The lowest BCUT2D eigenvalue weighted by atomic mass is 10.1. The molecule has 0 radical (unpaired) electrons. The molecule has 0 bridgehead atoms. The van der Waals surface area contributed by atoms with Gasteiger partial charge in [-0.1, -0.05) is 42.5 Å². The first-order valence-electron chi connectivity index (χ1n) is 10.5. The van der Waals surface area contributed by atoms with Crippen molar-refractivity contribution in [2.24, 2.45) is 0 Å². The second kappa shape index (κ2) is 10.4. The van der Waals surface area contributed by atoms with E-state index in [1.165, 1.54) is 17.7 Å². The largest absolute Gasteiger partial charge is 0.478 e. The van der Waals surface area contributed by atoms with Gasteiger partial charge in [0.2, 0.25) is 0 Å². The number of hydrogen-bond donors (Lipinski definition) is 2. The fourth-order valence-corrected chi connectivity index (χ4v) is 3.96. The summed E-state index contributed by atoms with van der Waals surface area (Å²) in [4.78, 5) is 14.2. The van der Waals surface area contributed by atoms with E-state index in [9.17, 15) is 14.3 Å². The highest BCUT2D eigenvalue weighted by atomic mass is 19.1. The molecule has 5 nitrogen and oxygen atoms in total. The summed E-state index contributed by atoms with van der Waals surface area (Å²) in [6.07, 6.45) is 0. The Bertz CT molecular complexity index is 1030. The molecule has 0 aliphatic rings. The van der Waals surface area contributed by atoms with E-state index in [-0.39, 0.29) is 5.82 Å². The van der Waals surface area contributed by atoms with Crippen LogP contribution in [0.1, 0.15) is 38.4 Å². The lowest BCUT2D eigenvalue weighted by molar-refractivity contribution is 0.0694. The number of nitrogens with one attached hydrogen (secondary N) is 1. The van der Waals surface area contributed by atoms with Crippen molar-refractivity contribution in [1.29, 1.82) is 0 Å². The van der Waals surface area contributed by atoms with Gasteiger partial charge in [-0.15, -0.1) is 0 Å².